The Morgan fingerprint density at radius 3 is 1.95 bits per heavy atom. The molecule has 21 heavy (non-hydrogen) atoms. The van der Waals surface area contributed by atoms with E-state index >= 15 is 0 Å². The van der Waals surface area contributed by atoms with Gasteiger partial charge >= 0.3 is 6.16 Å². The minimum absolute atomic E-state index is 0.00557. The Balaban J connectivity index is 1.77. The van der Waals surface area contributed by atoms with Gasteiger partial charge in [-0.25, -0.2) is 4.79 Å². The van der Waals surface area contributed by atoms with Crippen LogP contribution in [0.1, 0.15) is 11.1 Å². The normalized spacial score (nSPS) is 9.90. The topological polar surface area (TPSA) is 78.7 Å². The van der Waals surface area contributed by atoms with Crippen molar-refractivity contribution < 1.29 is 19.2 Å². The molecule has 6 heteroatoms. The van der Waals surface area contributed by atoms with E-state index in [1.807, 2.05) is 30.3 Å². The molecule has 0 aliphatic carbocycles. The minimum atomic E-state index is -0.780. The molecule has 0 fully saturated rings. The van der Waals surface area contributed by atoms with Crippen LogP contribution in [-0.4, -0.2) is 11.1 Å². The van der Waals surface area contributed by atoms with Crippen molar-refractivity contribution in [3.8, 4) is 0 Å². The maximum atomic E-state index is 11.4. The van der Waals surface area contributed by atoms with Crippen LogP contribution in [0.3, 0.4) is 0 Å². The Labute approximate surface area is 121 Å². The second-order valence-electron chi connectivity index (χ2n) is 4.24. The van der Waals surface area contributed by atoms with Crippen LogP contribution in [0.5, 0.6) is 0 Å². The van der Waals surface area contributed by atoms with Crippen LogP contribution in [0.25, 0.3) is 0 Å². The zero-order valence-corrected chi connectivity index (χ0v) is 11.1. The van der Waals surface area contributed by atoms with Crippen molar-refractivity contribution in [3.05, 3.63) is 75.8 Å². The van der Waals surface area contributed by atoms with Gasteiger partial charge in [0.1, 0.15) is 13.2 Å². The average Bonchev–Trinajstić information content (AvgIpc) is 2.52. The Morgan fingerprint density at radius 2 is 1.43 bits per heavy atom. The third-order valence-corrected chi connectivity index (χ3v) is 2.70. The summed E-state index contributed by atoms with van der Waals surface area (Å²) < 4.78 is 9.86. The van der Waals surface area contributed by atoms with Gasteiger partial charge in [0, 0.05) is 12.1 Å². The number of hydrogen-bond donors (Lipinski definition) is 0. The number of nitrogens with zero attached hydrogens (tertiary/aromatic N) is 1. The number of nitro groups is 1. The zero-order chi connectivity index (χ0) is 15.1. The fourth-order valence-corrected chi connectivity index (χ4v) is 1.61. The Kier molecular flexibility index (Phi) is 4.87. The molecule has 108 valence electrons. The first-order valence-corrected chi connectivity index (χ1v) is 6.22. The molecule has 0 N–H and O–H groups in total. The second kappa shape index (κ2) is 7.04. The fraction of sp³-hybridized carbons (Fsp3) is 0.133. The smallest absolute Gasteiger partial charge is 0.429 e. The third-order valence-electron chi connectivity index (χ3n) is 2.70. The predicted molar refractivity (Wildman–Crippen MR) is 74.5 cm³/mol. The van der Waals surface area contributed by atoms with Crippen LogP contribution in [0.2, 0.25) is 0 Å². The van der Waals surface area contributed by atoms with Crippen molar-refractivity contribution in [3.63, 3.8) is 0 Å². The lowest BCUT2D eigenvalue weighted by molar-refractivity contribution is -0.384. The van der Waals surface area contributed by atoms with Gasteiger partial charge < -0.3 is 9.47 Å². The molecular formula is C15H13NO5. The molecule has 0 unspecified atom stereocenters. The molecule has 2 rings (SSSR count). The molecule has 0 heterocycles. The standard InChI is InChI=1S/C15H13NO5/c17-15(20-10-12-4-2-1-3-5-12)21-11-13-6-8-14(9-7-13)16(18)19/h1-9H,10-11H2. The highest BCUT2D eigenvalue weighted by Gasteiger charge is 2.07. The SMILES string of the molecule is O=C(OCc1ccccc1)OCc1ccc([N+](=O)[O-])cc1. The molecule has 0 atom stereocenters. The van der Waals surface area contributed by atoms with Crippen molar-refractivity contribution in [1.29, 1.82) is 0 Å². The summed E-state index contributed by atoms with van der Waals surface area (Å²) >= 11 is 0. The summed E-state index contributed by atoms with van der Waals surface area (Å²) in [5.41, 5.74) is 1.51. The first kappa shape index (κ1) is 14.5. The van der Waals surface area contributed by atoms with E-state index in [0.717, 1.165) is 5.56 Å². The molecule has 2 aromatic carbocycles. The van der Waals surface area contributed by atoms with Gasteiger partial charge in [-0.3, -0.25) is 10.1 Å². The van der Waals surface area contributed by atoms with E-state index in [4.69, 9.17) is 9.47 Å². The fourth-order valence-electron chi connectivity index (χ4n) is 1.61. The van der Waals surface area contributed by atoms with Crippen LogP contribution in [0, 0.1) is 10.1 Å². The largest absolute Gasteiger partial charge is 0.508 e. The molecule has 0 radical (unpaired) electrons. The van der Waals surface area contributed by atoms with E-state index in [1.54, 1.807) is 0 Å². The third kappa shape index (κ3) is 4.61. The van der Waals surface area contributed by atoms with Crippen LogP contribution in [0.15, 0.2) is 54.6 Å². The molecule has 0 saturated carbocycles. The Hall–Kier alpha value is -2.89. The van der Waals surface area contributed by atoms with Gasteiger partial charge in [-0.15, -0.1) is 0 Å². The number of carbonyl (C=O) groups excluding carboxylic acids is 1. The van der Waals surface area contributed by atoms with Crippen LogP contribution >= 0.6 is 0 Å². The molecule has 0 bridgehead atoms. The van der Waals surface area contributed by atoms with E-state index in [-0.39, 0.29) is 18.9 Å². The minimum Gasteiger partial charge on any atom is -0.429 e. The molecular weight excluding hydrogens is 274 g/mol. The van der Waals surface area contributed by atoms with E-state index < -0.39 is 11.1 Å². The highest BCUT2D eigenvalue weighted by Crippen LogP contribution is 2.12. The highest BCUT2D eigenvalue weighted by molar-refractivity contribution is 5.60. The number of nitro benzene ring substituents is 1. The van der Waals surface area contributed by atoms with Crippen molar-refractivity contribution in [2.24, 2.45) is 0 Å². The van der Waals surface area contributed by atoms with Crippen LogP contribution in [0.4, 0.5) is 10.5 Å². The van der Waals surface area contributed by atoms with Gasteiger partial charge in [-0.1, -0.05) is 30.3 Å². The van der Waals surface area contributed by atoms with Crippen molar-refractivity contribution in [2.45, 2.75) is 13.2 Å². The maximum absolute atomic E-state index is 11.4. The first-order chi connectivity index (χ1) is 10.1. The van der Waals surface area contributed by atoms with Gasteiger partial charge in [0.2, 0.25) is 0 Å². The van der Waals surface area contributed by atoms with Crippen LogP contribution in [-0.2, 0) is 22.7 Å². The van der Waals surface area contributed by atoms with Crippen molar-refractivity contribution >= 4 is 11.8 Å². The second-order valence-corrected chi connectivity index (χ2v) is 4.24. The van der Waals surface area contributed by atoms with Crippen molar-refractivity contribution in [2.75, 3.05) is 0 Å². The molecule has 2 aromatic rings. The predicted octanol–water partition coefficient (Wildman–Crippen LogP) is 3.45. The van der Waals surface area contributed by atoms with E-state index in [1.165, 1.54) is 24.3 Å². The zero-order valence-electron chi connectivity index (χ0n) is 11.1. The first-order valence-electron chi connectivity index (χ1n) is 6.22. The summed E-state index contributed by atoms with van der Waals surface area (Å²) in [6, 6.07) is 15.0. The number of rotatable bonds is 5. The summed E-state index contributed by atoms with van der Waals surface area (Å²) in [4.78, 5) is 21.4. The molecule has 0 aliphatic rings. The number of benzene rings is 2. The number of carbonyl (C=O) groups is 1. The molecule has 0 saturated heterocycles. The molecule has 6 nitrogen and oxygen atoms in total. The number of non-ortho nitro benzene ring substituents is 1. The summed E-state index contributed by atoms with van der Waals surface area (Å²) in [5, 5.41) is 10.5. The van der Waals surface area contributed by atoms with E-state index in [9.17, 15) is 14.9 Å². The number of ether oxygens (including phenoxy) is 2. The molecule has 0 aromatic heterocycles. The quantitative estimate of drug-likeness (QED) is 0.478. The maximum Gasteiger partial charge on any atom is 0.508 e. The summed E-state index contributed by atoms with van der Waals surface area (Å²) in [6.07, 6.45) is -0.780. The Morgan fingerprint density at radius 1 is 0.905 bits per heavy atom. The van der Waals surface area contributed by atoms with Crippen molar-refractivity contribution in [1.82, 2.24) is 0 Å². The lowest BCUT2D eigenvalue weighted by Gasteiger charge is -2.06. The lowest BCUT2D eigenvalue weighted by atomic mass is 10.2. The summed E-state index contributed by atoms with van der Waals surface area (Å²) in [6.45, 7) is 0.144. The van der Waals surface area contributed by atoms with Gasteiger partial charge in [0.15, 0.2) is 0 Å². The monoisotopic (exact) mass is 287 g/mol. The number of hydrogen-bond acceptors (Lipinski definition) is 5. The van der Waals surface area contributed by atoms with Crippen LogP contribution < -0.4 is 0 Å². The summed E-state index contributed by atoms with van der Waals surface area (Å²) in [7, 11) is 0. The van der Waals surface area contributed by atoms with Gasteiger partial charge in [0.25, 0.3) is 5.69 Å². The van der Waals surface area contributed by atoms with E-state index in [0.29, 0.717) is 5.56 Å². The average molecular weight is 287 g/mol. The summed E-state index contributed by atoms with van der Waals surface area (Å²) in [5.74, 6) is 0. The molecule has 0 amide bonds. The lowest BCUT2D eigenvalue weighted by Crippen LogP contribution is -2.07. The van der Waals surface area contributed by atoms with E-state index in [2.05, 4.69) is 0 Å². The molecule has 0 spiro atoms. The van der Waals surface area contributed by atoms with Gasteiger partial charge in [-0.05, 0) is 23.3 Å². The Bertz CT molecular complexity index is 610. The van der Waals surface area contributed by atoms with Gasteiger partial charge in [-0.2, -0.15) is 0 Å². The molecule has 0 aliphatic heterocycles. The highest BCUT2D eigenvalue weighted by atomic mass is 16.7. The van der Waals surface area contributed by atoms with Gasteiger partial charge in [0.05, 0.1) is 4.92 Å².